The summed E-state index contributed by atoms with van der Waals surface area (Å²) >= 11 is 0. The fourth-order valence-electron chi connectivity index (χ4n) is 0.226. The van der Waals surface area contributed by atoms with E-state index in [0.717, 1.165) is 0 Å². The van der Waals surface area contributed by atoms with E-state index in [1.165, 1.54) is 6.08 Å². The zero-order valence-electron chi connectivity index (χ0n) is 4.76. The number of hydrogen-bond donors (Lipinski definition) is 1. The SMILES string of the molecule is [CH2-]CCC=C([O-])O.[Zn+2]. The van der Waals surface area contributed by atoms with E-state index in [2.05, 4.69) is 6.92 Å². The van der Waals surface area contributed by atoms with Crippen LogP contribution in [0.3, 0.4) is 0 Å². The molecule has 0 saturated carbocycles. The zero-order chi connectivity index (χ0) is 5.70. The summed E-state index contributed by atoms with van der Waals surface area (Å²) in [6, 6.07) is 0. The van der Waals surface area contributed by atoms with Gasteiger partial charge < -0.3 is 17.1 Å². The van der Waals surface area contributed by atoms with Gasteiger partial charge in [0.2, 0.25) is 0 Å². The molecule has 0 rings (SSSR count). The van der Waals surface area contributed by atoms with Gasteiger partial charge in [-0.3, -0.25) is 0 Å². The maximum absolute atomic E-state index is 9.67. The summed E-state index contributed by atoms with van der Waals surface area (Å²) in [4.78, 5) is 0. The Hall–Kier alpha value is -0.0366. The van der Waals surface area contributed by atoms with Gasteiger partial charge in [-0.15, -0.1) is 0 Å². The third-order valence-electron chi connectivity index (χ3n) is 0.523. The molecule has 0 radical (unpaired) electrons. The van der Waals surface area contributed by atoms with E-state index in [-0.39, 0.29) is 19.5 Å². The molecule has 0 spiro atoms. The zero-order valence-corrected chi connectivity index (χ0v) is 7.73. The molecule has 2 nitrogen and oxygen atoms in total. The van der Waals surface area contributed by atoms with Crippen LogP contribution in [0.4, 0.5) is 0 Å². The Labute approximate surface area is 62.0 Å². The van der Waals surface area contributed by atoms with E-state index in [9.17, 15) is 5.11 Å². The van der Waals surface area contributed by atoms with Crippen molar-refractivity contribution in [2.45, 2.75) is 12.8 Å². The molecule has 0 unspecified atom stereocenters. The van der Waals surface area contributed by atoms with Gasteiger partial charge in [-0.25, -0.2) is 0 Å². The predicted octanol–water partition coefficient (Wildman–Crippen LogP) is 0.358. The average Bonchev–Trinajstić information content (AvgIpc) is 1.61. The second kappa shape index (κ2) is 6.96. The Bertz CT molecular complexity index is 66.8. The first-order valence-corrected chi connectivity index (χ1v) is 2.12. The summed E-state index contributed by atoms with van der Waals surface area (Å²) in [7, 11) is 0. The molecule has 42 valence electrons. The van der Waals surface area contributed by atoms with Crippen molar-refractivity contribution in [3.63, 3.8) is 0 Å². The Morgan fingerprint density at radius 1 is 1.75 bits per heavy atom. The Morgan fingerprint density at radius 2 is 2.25 bits per heavy atom. The Balaban J connectivity index is 0. The molecule has 8 heavy (non-hydrogen) atoms. The third-order valence-corrected chi connectivity index (χ3v) is 0.523. The summed E-state index contributed by atoms with van der Waals surface area (Å²) in [6.45, 7) is 3.46. The molecule has 0 fully saturated rings. The topological polar surface area (TPSA) is 43.3 Å². The van der Waals surface area contributed by atoms with E-state index in [4.69, 9.17) is 5.11 Å². The molecule has 0 saturated heterocycles. The smallest absolute Gasteiger partial charge is 0.629 e. The molecule has 0 bridgehead atoms. The van der Waals surface area contributed by atoms with Crippen molar-refractivity contribution < 1.29 is 29.7 Å². The number of allylic oxidation sites excluding steroid dienone is 1. The first-order valence-electron chi connectivity index (χ1n) is 2.12. The van der Waals surface area contributed by atoms with E-state index in [0.29, 0.717) is 12.8 Å². The van der Waals surface area contributed by atoms with Gasteiger partial charge in [-0.2, -0.15) is 6.42 Å². The van der Waals surface area contributed by atoms with Gasteiger partial charge in [0.15, 0.2) is 0 Å². The molecule has 1 N–H and O–H groups in total. The van der Waals surface area contributed by atoms with Gasteiger partial charge in [0.25, 0.3) is 0 Å². The van der Waals surface area contributed by atoms with Crippen LogP contribution in [-0.2, 0) is 19.5 Å². The summed E-state index contributed by atoms with van der Waals surface area (Å²) in [5, 5.41) is 17.6. The molecule has 0 atom stereocenters. The minimum atomic E-state index is -0.858. The van der Waals surface area contributed by atoms with Gasteiger partial charge in [-0.1, -0.05) is 12.5 Å². The van der Waals surface area contributed by atoms with E-state index < -0.39 is 5.95 Å². The second-order valence-corrected chi connectivity index (χ2v) is 1.18. The van der Waals surface area contributed by atoms with Crippen molar-refractivity contribution in [3.8, 4) is 0 Å². The minimum absolute atomic E-state index is 0. The first-order chi connectivity index (χ1) is 3.27. The maximum atomic E-state index is 9.67. The average molecular weight is 166 g/mol. The number of aliphatic hydroxyl groups is 1. The van der Waals surface area contributed by atoms with Crippen molar-refractivity contribution in [2.75, 3.05) is 0 Å². The normalized spacial score (nSPS) is 10.4. The van der Waals surface area contributed by atoms with Crippen LogP contribution in [0.25, 0.3) is 0 Å². The van der Waals surface area contributed by atoms with Gasteiger partial charge in [0.1, 0.15) is 0 Å². The second-order valence-electron chi connectivity index (χ2n) is 1.18. The molecular weight excluding hydrogens is 157 g/mol. The maximum Gasteiger partial charge on any atom is 2.00 e. The number of unbranched alkanes of at least 4 members (excludes halogenated alkanes) is 1. The van der Waals surface area contributed by atoms with Crippen LogP contribution < -0.4 is 5.11 Å². The molecule has 0 aliphatic rings. The number of hydrogen-bond acceptors (Lipinski definition) is 2. The predicted molar refractivity (Wildman–Crippen MR) is 25.3 cm³/mol. The van der Waals surface area contributed by atoms with Crippen molar-refractivity contribution in [3.05, 3.63) is 18.9 Å². The van der Waals surface area contributed by atoms with Crippen molar-refractivity contribution >= 4 is 0 Å². The first kappa shape index (κ1) is 10.9. The molecule has 0 amide bonds. The Morgan fingerprint density at radius 3 is 2.38 bits per heavy atom. The number of aliphatic hydroxyl groups excluding tert-OH is 1. The van der Waals surface area contributed by atoms with Gasteiger partial charge in [0.05, 0.1) is 0 Å². The van der Waals surface area contributed by atoms with Crippen molar-refractivity contribution in [2.24, 2.45) is 0 Å². The minimum Gasteiger partial charge on any atom is -0.629 e. The molecule has 0 aliphatic carbocycles. The van der Waals surface area contributed by atoms with Gasteiger partial charge >= 0.3 is 19.5 Å². The molecule has 0 heterocycles. The molecular formula is C5H8O2Zn. The van der Waals surface area contributed by atoms with Crippen molar-refractivity contribution in [1.29, 1.82) is 0 Å². The van der Waals surface area contributed by atoms with E-state index in [1.54, 1.807) is 0 Å². The summed E-state index contributed by atoms with van der Waals surface area (Å²) in [6.07, 6.45) is 2.43. The van der Waals surface area contributed by atoms with Crippen LogP contribution in [0.15, 0.2) is 12.0 Å². The van der Waals surface area contributed by atoms with Crippen LogP contribution in [0.2, 0.25) is 0 Å². The Kier molecular flexibility index (Phi) is 9.45. The summed E-state index contributed by atoms with van der Waals surface area (Å²) < 4.78 is 0. The standard InChI is InChI=1S/C5H9O2.Zn/c1-2-3-4-5(6)7;/h4,6-7H,1-3H2;/q-1;+2/p-1. The largest absolute Gasteiger partial charge is 2.00 e. The fraction of sp³-hybridized carbons (Fsp3) is 0.400. The van der Waals surface area contributed by atoms with Crippen LogP contribution >= 0.6 is 0 Å². The summed E-state index contributed by atoms with van der Waals surface area (Å²) in [5.41, 5.74) is 0. The third kappa shape index (κ3) is 9.35. The van der Waals surface area contributed by atoms with E-state index in [1.807, 2.05) is 0 Å². The van der Waals surface area contributed by atoms with Crippen LogP contribution in [0.1, 0.15) is 12.8 Å². The van der Waals surface area contributed by atoms with Crippen LogP contribution in [0, 0.1) is 6.92 Å². The van der Waals surface area contributed by atoms with Crippen molar-refractivity contribution in [1.82, 2.24) is 0 Å². The van der Waals surface area contributed by atoms with Gasteiger partial charge in [0, 0.05) is 5.95 Å². The van der Waals surface area contributed by atoms with Crippen LogP contribution in [-0.4, -0.2) is 5.11 Å². The van der Waals surface area contributed by atoms with Gasteiger partial charge in [-0.05, 0) is 0 Å². The van der Waals surface area contributed by atoms with E-state index >= 15 is 0 Å². The molecule has 3 heteroatoms. The molecule has 0 aromatic rings. The monoisotopic (exact) mass is 164 g/mol. The molecule has 0 aliphatic heterocycles. The quantitative estimate of drug-likeness (QED) is 0.365. The number of rotatable bonds is 2. The summed E-state index contributed by atoms with van der Waals surface area (Å²) in [5.74, 6) is -0.858. The molecule has 0 aromatic carbocycles. The molecule has 0 aromatic heterocycles. The fourth-order valence-corrected chi connectivity index (χ4v) is 0.226. The van der Waals surface area contributed by atoms with Crippen LogP contribution in [0.5, 0.6) is 0 Å².